The Morgan fingerprint density at radius 2 is 2.00 bits per heavy atom. The summed E-state index contributed by atoms with van der Waals surface area (Å²) in [6.07, 6.45) is 2.19. The van der Waals surface area contributed by atoms with Crippen molar-refractivity contribution in [2.75, 3.05) is 6.73 Å². The van der Waals surface area contributed by atoms with E-state index in [9.17, 15) is 9.90 Å². The molecule has 0 aliphatic carbocycles. The molecule has 3 aromatic rings. The summed E-state index contributed by atoms with van der Waals surface area (Å²) in [5.41, 5.74) is 2.80. The molecule has 0 bridgehead atoms. The van der Waals surface area contributed by atoms with E-state index >= 15 is 0 Å². The maximum absolute atomic E-state index is 11.8. The maximum atomic E-state index is 11.8. The third kappa shape index (κ3) is 3.06. The van der Waals surface area contributed by atoms with Gasteiger partial charge < -0.3 is 9.84 Å². The molecule has 1 unspecified atom stereocenters. The van der Waals surface area contributed by atoms with Crippen molar-refractivity contribution < 1.29 is 14.6 Å². The topological polar surface area (TPSA) is 62.7 Å². The number of carbonyl (C=O) groups is 1. The molecule has 2 aromatic carbocycles. The Hall–Kier alpha value is -2.92. The average molecular weight is 334 g/mol. The van der Waals surface area contributed by atoms with E-state index in [2.05, 4.69) is 4.98 Å². The van der Waals surface area contributed by atoms with E-state index in [-0.39, 0.29) is 6.73 Å². The Morgan fingerprint density at radius 1 is 1.16 bits per heavy atom. The zero-order valence-electron chi connectivity index (χ0n) is 13.6. The first kappa shape index (κ1) is 15.6. The summed E-state index contributed by atoms with van der Waals surface area (Å²) in [5, 5.41) is 10.7. The number of fused-ring (bicyclic) bond motifs is 3. The van der Waals surface area contributed by atoms with Gasteiger partial charge in [0, 0.05) is 23.7 Å². The summed E-state index contributed by atoms with van der Waals surface area (Å²) >= 11 is 0. The average Bonchev–Trinajstić information content (AvgIpc) is 2.66. The lowest BCUT2D eigenvalue weighted by Gasteiger charge is -2.33. The van der Waals surface area contributed by atoms with E-state index in [0.717, 1.165) is 27.8 Å². The molecular weight excluding hydrogens is 316 g/mol. The SMILES string of the molecule is O=C(O)C(Cc1ccccc1)N1COc2c(ccc3cccnc23)C1. The van der Waals surface area contributed by atoms with Gasteiger partial charge in [-0.15, -0.1) is 0 Å². The van der Waals surface area contributed by atoms with E-state index in [1.165, 1.54) is 0 Å². The van der Waals surface area contributed by atoms with E-state index in [1.807, 2.05) is 59.5 Å². The van der Waals surface area contributed by atoms with Gasteiger partial charge >= 0.3 is 5.97 Å². The second-order valence-corrected chi connectivity index (χ2v) is 6.19. The summed E-state index contributed by atoms with van der Waals surface area (Å²) in [4.78, 5) is 18.1. The van der Waals surface area contributed by atoms with Gasteiger partial charge in [0.1, 0.15) is 18.3 Å². The number of ether oxygens (including phenoxy) is 1. The Kier molecular flexibility index (Phi) is 4.07. The third-order valence-corrected chi connectivity index (χ3v) is 4.56. The molecule has 0 saturated carbocycles. The molecule has 2 heterocycles. The quantitative estimate of drug-likeness (QED) is 0.794. The van der Waals surface area contributed by atoms with Gasteiger partial charge in [-0.1, -0.05) is 48.5 Å². The van der Waals surface area contributed by atoms with Crippen LogP contribution in [-0.2, 0) is 17.8 Å². The second-order valence-electron chi connectivity index (χ2n) is 6.19. The number of pyridine rings is 1. The van der Waals surface area contributed by atoms with Crippen LogP contribution in [-0.4, -0.2) is 33.7 Å². The minimum atomic E-state index is -0.838. The van der Waals surface area contributed by atoms with Crippen molar-refractivity contribution in [3.05, 3.63) is 71.9 Å². The molecule has 1 atom stereocenters. The van der Waals surface area contributed by atoms with Crippen LogP contribution in [0.4, 0.5) is 0 Å². The van der Waals surface area contributed by atoms with E-state index in [1.54, 1.807) is 6.20 Å². The van der Waals surface area contributed by atoms with Crippen LogP contribution >= 0.6 is 0 Å². The molecule has 5 heteroatoms. The molecule has 0 spiro atoms. The van der Waals surface area contributed by atoms with Crippen molar-refractivity contribution in [2.45, 2.75) is 19.0 Å². The summed E-state index contributed by atoms with van der Waals surface area (Å²) in [5.74, 6) is -0.0759. The van der Waals surface area contributed by atoms with Gasteiger partial charge in [-0.2, -0.15) is 0 Å². The Balaban J connectivity index is 1.61. The molecule has 5 nitrogen and oxygen atoms in total. The minimum Gasteiger partial charge on any atom is -0.480 e. The summed E-state index contributed by atoms with van der Waals surface area (Å²) in [6, 6.07) is 16.9. The molecule has 0 saturated heterocycles. The lowest BCUT2D eigenvalue weighted by molar-refractivity contribution is -0.145. The van der Waals surface area contributed by atoms with E-state index < -0.39 is 12.0 Å². The first-order valence-electron chi connectivity index (χ1n) is 8.22. The zero-order chi connectivity index (χ0) is 17.2. The number of hydrogen-bond acceptors (Lipinski definition) is 4. The van der Waals surface area contributed by atoms with Gasteiger partial charge in [-0.25, -0.2) is 0 Å². The fourth-order valence-electron chi connectivity index (χ4n) is 3.27. The number of aliphatic carboxylic acids is 1. The number of aromatic nitrogens is 1. The molecule has 25 heavy (non-hydrogen) atoms. The van der Waals surface area contributed by atoms with Gasteiger partial charge in [0.2, 0.25) is 0 Å². The standard InChI is InChI=1S/C20H18N2O3/c23-20(24)17(11-14-5-2-1-3-6-14)22-12-16-9-8-15-7-4-10-21-18(15)19(16)25-13-22/h1-10,17H,11-13H2,(H,23,24). The van der Waals surface area contributed by atoms with Crippen LogP contribution in [0.25, 0.3) is 10.9 Å². The summed E-state index contributed by atoms with van der Waals surface area (Å²) < 4.78 is 5.92. The molecule has 1 aromatic heterocycles. The van der Waals surface area contributed by atoms with Crippen LogP contribution in [0.5, 0.6) is 5.75 Å². The monoisotopic (exact) mass is 334 g/mol. The van der Waals surface area contributed by atoms with Crippen LogP contribution in [0.2, 0.25) is 0 Å². The first-order valence-corrected chi connectivity index (χ1v) is 8.22. The van der Waals surface area contributed by atoms with Crippen molar-refractivity contribution in [3.63, 3.8) is 0 Å². The molecule has 126 valence electrons. The Bertz CT molecular complexity index is 911. The molecule has 0 amide bonds. The Morgan fingerprint density at radius 3 is 2.80 bits per heavy atom. The summed E-state index contributed by atoms with van der Waals surface area (Å²) in [6.45, 7) is 0.776. The fraction of sp³-hybridized carbons (Fsp3) is 0.200. The van der Waals surface area contributed by atoms with Gasteiger partial charge in [-0.3, -0.25) is 14.7 Å². The van der Waals surface area contributed by atoms with E-state index in [0.29, 0.717) is 13.0 Å². The molecule has 0 fully saturated rings. The number of nitrogens with zero attached hydrogens (tertiary/aromatic N) is 2. The van der Waals surface area contributed by atoms with Crippen LogP contribution < -0.4 is 4.74 Å². The minimum absolute atomic E-state index is 0.243. The normalized spacial score (nSPS) is 15.4. The molecule has 0 radical (unpaired) electrons. The van der Waals surface area contributed by atoms with Gasteiger partial charge in [-0.05, 0) is 18.1 Å². The molecule has 1 N–H and O–H groups in total. The third-order valence-electron chi connectivity index (χ3n) is 4.56. The largest absolute Gasteiger partial charge is 0.480 e. The zero-order valence-corrected chi connectivity index (χ0v) is 13.6. The maximum Gasteiger partial charge on any atom is 0.321 e. The second kappa shape index (κ2) is 6.53. The van der Waals surface area contributed by atoms with Gasteiger partial charge in [0.05, 0.1) is 0 Å². The lowest BCUT2D eigenvalue weighted by Crippen LogP contribution is -2.46. The highest BCUT2D eigenvalue weighted by Gasteiger charge is 2.30. The van der Waals surface area contributed by atoms with E-state index in [4.69, 9.17) is 4.74 Å². The Labute approximate surface area is 145 Å². The van der Waals surface area contributed by atoms with Crippen LogP contribution in [0.3, 0.4) is 0 Å². The molecular formula is C20H18N2O3. The van der Waals surface area contributed by atoms with Crippen LogP contribution in [0.15, 0.2) is 60.8 Å². The lowest BCUT2D eigenvalue weighted by atomic mass is 10.0. The predicted octanol–water partition coefficient (Wildman–Crippen LogP) is 3.08. The van der Waals surface area contributed by atoms with Crippen molar-refractivity contribution in [1.82, 2.24) is 9.88 Å². The van der Waals surface area contributed by atoms with Crippen molar-refractivity contribution in [1.29, 1.82) is 0 Å². The van der Waals surface area contributed by atoms with Crippen molar-refractivity contribution in [3.8, 4) is 5.75 Å². The predicted molar refractivity (Wildman–Crippen MR) is 94.4 cm³/mol. The molecule has 4 rings (SSSR count). The highest BCUT2D eigenvalue weighted by Crippen LogP contribution is 2.33. The number of carboxylic acid groups (broad SMARTS) is 1. The number of carboxylic acids is 1. The fourth-order valence-corrected chi connectivity index (χ4v) is 3.27. The summed E-state index contributed by atoms with van der Waals surface area (Å²) in [7, 11) is 0. The highest BCUT2D eigenvalue weighted by atomic mass is 16.5. The number of benzene rings is 2. The molecule has 1 aliphatic heterocycles. The van der Waals surface area contributed by atoms with Gasteiger partial charge in [0.25, 0.3) is 0 Å². The van der Waals surface area contributed by atoms with Crippen LogP contribution in [0.1, 0.15) is 11.1 Å². The van der Waals surface area contributed by atoms with Gasteiger partial charge in [0.15, 0.2) is 5.75 Å². The molecule has 1 aliphatic rings. The first-order chi connectivity index (χ1) is 12.2. The van der Waals surface area contributed by atoms with Crippen molar-refractivity contribution >= 4 is 16.9 Å². The smallest absolute Gasteiger partial charge is 0.321 e. The number of hydrogen-bond donors (Lipinski definition) is 1. The van der Waals surface area contributed by atoms with Crippen LogP contribution in [0, 0.1) is 0 Å². The highest BCUT2D eigenvalue weighted by molar-refractivity contribution is 5.86. The number of rotatable bonds is 4. The van der Waals surface area contributed by atoms with Crippen molar-refractivity contribution in [2.24, 2.45) is 0 Å².